The predicted octanol–water partition coefficient (Wildman–Crippen LogP) is 2.77. The first kappa shape index (κ1) is 15.8. The van der Waals surface area contributed by atoms with Gasteiger partial charge in [0, 0.05) is 6.20 Å². The van der Waals surface area contributed by atoms with Crippen LogP contribution < -0.4 is 10.2 Å². The molecule has 3 aromatic rings. The summed E-state index contributed by atoms with van der Waals surface area (Å²) in [6, 6.07) is 4.26. The molecule has 2 aromatic carbocycles. The van der Waals surface area contributed by atoms with Gasteiger partial charge in [-0.25, -0.2) is 14.0 Å². The van der Waals surface area contributed by atoms with Crippen molar-refractivity contribution in [2.75, 3.05) is 0 Å². The second-order valence-electron chi connectivity index (χ2n) is 5.53. The van der Waals surface area contributed by atoms with Crippen molar-refractivity contribution in [3.05, 3.63) is 63.4 Å². The van der Waals surface area contributed by atoms with Gasteiger partial charge in [0.25, 0.3) is 0 Å². The lowest BCUT2D eigenvalue weighted by molar-refractivity contribution is 0.0685. The van der Waals surface area contributed by atoms with Gasteiger partial charge in [0.05, 0.1) is 16.6 Å². The Morgan fingerprint density at radius 2 is 1.81 bits per heavy atom. The molecule has 0 amide bonds. The Labute approximate surface area is 142 Å². The van der Waals surface area contributed by atoms with Crippen LogP contribution in [0.2, 0.25) is 0 Å². The summed E-state index contributed by atoms with van der Waals surface area (Å²) < 4.78 is 34.6. The number of hydrogen-bond acceptors (Lipinski definition) is 4. The summed E-state index contributed by atoms with van der Waals surface area (Å²) in [5.74, 6) is -6.32. The average molecular weight is 359 g/mol. The number of rotatable bonds is 2. The molecule has 0 atom stereocenters. The normalized spacial score (nSPS) is 11.8. The second kappa shape index (κ2) is 5.12. The fourth-order valence-corrected chi connectivity index (χ4v) is 2.88. The van der Waals surface area contributed by atoms with E-state index < -0.39 is 40.3 Å². The molecular weight excluding hydrogens is 352 g/mol. The number of pyridine rings is 1. The Balaban J connectivity index is 2.19. The highest BCUT2D eigenvalue weighted by atomic mass is 19.2. The van der Waals surface area contributed by atoms with Crippen LogP contribution in [0.4, 0.5) is 8.78 Å². The first-order valence-electron chi connectivity index (χ1n) is 7.16. The molecule has 1 aromatic heterocycles. The molecule has 9 heteroatoms. The van der Waals surface area contributed by atoms with E-state index in [2.05, 4.69) is 0 Å². The third kappa shape index (κ3) is 2.00. The summed E-state index contributed by atoms with van der Waals surface area (Å²) in [5.41, 5.74) is -1.77. The molecule has 0 aliphatic carbocycles. The number of aromatic carboxylic acids is 2. The van der Waals surface area contributed by atoms with Crippen LogP contribution in [0, 0.1) is 11.6 Å². The zero-order valence-electron chi connectivity index (χ0n) is 12.6. The highest BCUT2D eigenvalue weighted by Gasteiger charge is 2.29. The fourth-order valence-electron chi connectivity index (χ4n) is 2.88. The monoisotopic (exact) mass is 359 g/mol. The van der Waals surface area contributed by atoms with Crippen LogP contribution in [0.15, 0.2) is 35.3 Å². The summed E-state index contributed by atoms with van der Waals surface area (Å²) >= 11 is 0. The van der Waals surface area contributed by atoms with E-state index in [9.17, 15) is 28.3 Å². The molecule has 0 spiro atoms. The predicted molar refractivity (Wildman–Crippen MR) is 83.5 cm³/mol. The first-order chi connectivity index (χ1) is 12.3. The van der Waals surface area contributed by atoms with Crippen molar-refractivity contribution in [1.82, 2.24) is 4.57 Å². The van der Waals surface area contributed by atoms with Crippen molar-refractivity contribution >= 4 is 22.8 Å². The summed E-state index contributed by atoms with van der Waals surface area (Å²) in [4.78, 5) is 34.8. The minimum Gasteiger partial charge on any atom is -0.478 e. The lowest BCUT2D eigenvalue weighted by Gasteiger charge is -2.24. The van der Waals surface area contributed by atoms with Crippen molar-refractivity contribution in [3.8, 4) is 17.2 Å². The molecule has 0 saturated carbocycles. The quantitative estimate of drug-likeness (QED) is 0.570. The topological polar surface area (TPSA) is 106 Å². The molecule has 0 saturated heterocycles. The minimum absolute atomic E-state index is 0.122. The molecule has 1 aliphatic heterocycles. The molecule has 0 bridgehead atoms. The van der Waals surface area contributed by atoms with Gasteiger partial charge in [-0.3, -0.25) is 4.79 Å². The molecule has 0 fully saturated rings. The van der Waals surface area contributed by atoms with Crippen molar-refractivity contribution in [1.29, 1.82) is 0 Å². The first-order valence-corrected chi connectivity index (χ1v) is 7.16. The Hall–Kier alpha value is -3.75. The third-order valence-corrected chi connectivity index (χ3v) is 4.05. The summed E-state index contributed by atoms with van der Waals surface area (Å²) in [6.07, 6.45) is 0.968. The van der Waals surface area contributed by atoms with Gasteiger partial charge in [-0.1, -0.05) is 0 Å². The number of ether oxygens (including phenoxy) is 1. The van der Waals surface area contributed by atoms with Gasteiger partial charge >= 0.3 is 11.9 Å². The average Bonchev–Trinajstić information content (AvgIpc) is 2.60. The van der Waals surface area contributed by atoms with Crippen molar-refractivity contribution in [2.24, 2.45) is 0 Å². The molecule has 26 heavy (non-hydrogen) atoms. The van der Waals surface area contributed by atoms with Crippen molar-refractivity contribution in [3.63, 3.8) is 0 Å². The molecule has 2 heterocycles. The molecular formula is C17H7F2NO6. The van der Waals surface area contributed by atoms with Gasteiger partial charge in [-0.15, -0.1) is 0 Å². The van der Waals surface area contributed by atoms with E-state index in [1.165, 1.54) is 16.7 Å². The van der Waals surface area contributed by atoms with E-state index in [1.807, 2.05) is 0 Å². The van der Waals surface area contributed by atoms with E-state index >= 15 is 0 Å². The van der Waals surface area contributed by atoms with E-state index in [-0.39, 0.29) is 27.9 Å². The molecule has 7 nitrogen and oxygen atoms in total. The van der Waals surface area contributed by atoms with Crippen LogP contribution in [0.3, 0.4) is 0 Å². The smallest absolute Gasteiger partial charge is 0.341 e. The van der Waals surface area contributed by atoms with Crippen molar-refractivity contribution in [2.45, 2.75) is 0 Å². The van der Waals surface area contributed by atoms with Gasteiger partial charge in [0.15, 0.2) is 17.3 Å². The molecule has 2 N–H and O–H groups in total. The maximum absolute atomic E-state index is 14.2. The number of benzene rings is 2. The molecule has 0 unspecified atom stereocenters. The minimum atomic E-state index is -1.54. The Morgan fingerprint density at radius 3 is 2.46 bits per heavy atom. The number of nitrogens with zero attached hydrogens (tertiary/aromatic N) is 1. The van der Waals surface area contributed by atoms with Crippen LogP contribution in [-0.4, -0.2) is 26.7 Å². The highest BCUT2D eigenvalue weighted by molar-refractivity contribution is 5.96. The van der Waals surface area contributed by atoms with Crippen LogP contribution in [-0.2, 0) is 0 Å². The van der Waals surface area contributed by atoms with Crippen LogP contribution >= 0.6 is 0 Å². The zero-order valence-corrected chi connectivity index (χ0v) is 12.6. The molecule has 1 aliphatic rings. The second-order valence-corrected chi connectivity index (χ2v) is 5.53. The SMILES string of the molecule is O=C(O)c1ccc2c(c1)Oc1c(F)c(F)cc3c(=O)c(C(=O)O)cn-2c13. The number of carbonyl (C=O) groups is 2. The number of aromatic nitrogens is 1. The number of carboxylic acid groups (broad SMARTS) is 2. The zero-order chi connectivity index (χ0) is 18.7. The van der Waals surface area contributed by atoms with Gasteiger partial charge in [-0.2, -0.15) is 4.39 Å². The number of hydrogen-bond donors (Lipinski definition) is 2. The summed E-state index contributed by atoms with van der Waals surface area (Å²) in [6.45, 7) is 0. The summed E-state index contributed by atoms with van der Waals surface area (Å²) in [5, 5.41) is 17.9. The lowest BCUT2D eigenvalue weighted by atomic mass is 10.1. The van der Waals surface area contributed by atoms with E-state index in [0.29, 0.717) is 6.07 Å². The number of fused-ring (bicyclic) bond motifs is 2. The largest absolute Gasteiger partial charge is 0.478 e. The Bertz CT molecular complexity index is 1210. The van der Waals surface area contributed by atoms with Gasteiger partial charge in [0.1, 0.15) is 11.1 Å². The highest BCUT2D eigenvalue weighted by Crippen LogP contribution is 2.42. The van der Waals surface area contributed by atoms with Gasteiger partial charge in [-0.05, 0) is 24.3 Å². The van der Waals surface area contributed by atoms with Gasteiger partial charge in [0.2, 0.25) is 11.2 Å². The maximum Gasteiger partial charge on any atom is 0.341 e. The third-order valence-electron chi connectivity index (χ3n) is 4.05. The van der Waals surface area contributed by atoms with Crippen LogP contribution in [0.1, 0.15) is 20.7 Å². The van der Waals surface area contributed by atoms with E-state index in [1.54, 1.807) is 0 Å². The van der Waals surface area contributed by atoms with E-state index in [0.717, 1.165) is 12.3 Å². The van der Waals surface area contributed by atoms with Gasteiger partial charge < -0.3 is 19.5 Å². The molecule has 130 valence electrons. The summed E-state index contributed by atoms with van der Waals surface area (Å²) in [7, 11) is 0. The lowest BCUT2D eigenvalue weighted by Crippen LogP contribution is -2.21. The Morgan fingerprint density at radius 1 is 1.08 bits per heavy atom. The standard InChI is InChI=1S/C17H7F2NO6/c18-9-4-7-13-15(12(9)19)26-11-3-6(16(22)23)1-2-10(11)20(13)5-8(14(7)21)17(24)25/h1-5H,(H,22,23)(H,24,25). The maximum atomic E-state index is 14.2. The van der Waals surface area contributed by atoms with E-state index in [4.69, 9.17) is 9.84 Å². The fraction of sp³-hybridized carbons (Fsp3) is 0. The Kier molecular flexibility index (Phi) is 3.10. The number of carboxylic acids is 2. The molecule has 0 radical (unpaired) electrons. The van der Waals surface area contributed by atoms with Crippen LogP contribution in [0.25, 0.3) is 16.6 Å². The van der Waals surface area contributed by atoms with Crippen molar-refractivity contribution < 1.29 is 33.3 Å². The number of halogens is 2. The van der Waals surface area contributed by atoms with Crippen LogP contribution in [0.5, 0.6) is 11.5 Å². The molecule has 4 rings (SSSR count).